The summed E-state index contributed by atoms with van der Waals surface area (Å²) in [7, 11) is 0. The van der Waals surface area contributed by atoms with Crippen molar-refractivity contribution in [2.75, 3.05) is 18.5 Å². The third-order valence-corrected chi connectivity index (χ3v) is 3.90. The summed E-state index contributed by atoms with van der Waals surface area (Å²) < 4.78 is 10.7. The molecule has 0 saturated carbocycles. The Balaban J connectivity index is 1.67. The van der Waals surface area contributed by atoms with Gasteiger partial charge in [0.2, 0.25) is 0 Å². The first-order valence-electron chi connectivity index (χ1n) is 7.91. The molecule has 1 aromatic carbocycles. The molecule has 0 aliphatic carbocycles. The number of ether oxygens (including phenoxy) is 1. The molecule has 1 fully saturated rings. The van der Waals surface area contributed by atoms with Gasteiger partial charge >= 0.3 is 6.03 Å². The molecule has 1 N–H and O–H groups in total. The summed E-state index contributed by atoms with van der Waals surface area (Å²) in [4.78, 5) is 14.3. The predicted molar refractivity (Wildman–Crippen MR) is 86.6 cm³/mol. The lowest BCUT2D eigenvalue weighted by Gasteiger charge is -2.23. The van der Waals surface area contributed by atoms with E-state index in [9.17, 15) is 4.79 Å². The molecule has 1 aliphatic rings. The molecule has 2 aromatic rings. The Bertz CT molecular complexity index is 666. The lowest BCUT2D eigenvalue weighted by molar-refractivity contribution is 0.195. The summed E-state index contributed by atoms with van der Waals surface area (Å²) in [5, 5.41) is 6.85. The fourth-order valence-electron chi connectivity index (χ4n) is 2.84. The number of hydrogen-bond donors (Lipinski definition) is 1. The molecule has 1 atom stereocenters. The number of carbonyl (C=O) groups is 1. The minimum Gasteiger partial charge on any atom is -0.494 e. The number of nitrogens with one attached hydrogen (secondary N) is 1. The molecule has 0 radical (unpaired) electrons. The molecular formula is C17H21N3O3. The maximum absolute atomic E-state index is 12.5. The first-order chi connectivity index (χ1) is 11.2. The van der Waals surface area contributed by atoms with Gasteiger partial charge in [0.05, 0.1) is 18.3 Å². The molecule has 1 saturated heterocycles. The summed E-state index contributed by atoms with van der Waals surface area (Å²) >= 11 is 0. The molecule has 1 aliphatic heterocycles. The number of nitrogens with zero attached hydrogens (tertiary/aromatic N) is 2. The van der Waals surface area contributed by atoms with Crippen LogP contribution in [0.15, 0.2) is 34.9 Å². The van der Waals surface area contributed by atoms with Crippen molar-refractivity contribution in [1.29, 1.82) is 0 Å². The Morgan fingerprint density at radius 2 is 2.22 bits per heavy atom. The van der Waals surface area contributed by atoms with Gasteiger partial charge in [0, 0.05) is 18.3 Å². The number of anilines is 1. The van der Waals surface area contributed by atoms with Crippen molar-refractivity contribution >= 4 is 11.7 Å². The average Bonchev–Trinajstić information content (AvgIpc) is 3.18. The fourth-order valence-corrected chi connectivity index (χ4v) is 2.84. The second-order valence-electron chi connectivity index (χ2n) is 5.61. The van der Waals surface area contributed by atoms with Crippen LogP contribution in [0.2, 0.25) is 0 Å². The van der Waals surface area contributed by atoms with Gasteiger partial charge in [0.25, 0.3) is 0 Å². The molecule has 122 valence electrons. The maximum atomic E-state index is 12.5. The lowest BCUT2D eigenvalue weighted by Crippen LogP contribution is -2.34. The van der Waals surface area contributed by atoms with E-state index in [1.165, 1.54) is 0 Å². The highest BCUT2D eigenvalue weighted by molar-refractivity contribution is 5.89. The zero-order chi connectivity index (χ0) is 16.2. The molecule has 6 nitrogen and oxygen atoms in total. The highest BCUT2D eigenvalue weighted by Crippen LogP contribution is 2.32. The summed E-state index contributed by atoms with van der Waals surface area (Å²) in [5.74, 6) is 1.54. The normalized spacial score (nSPS) is 17.3. The highest BCUT2D eigenvalue weighted by Gasteiger charge is 2.32. The topological polar surface area (TPSA) is 67.6 Å². The second kappa shape index (κ2) is 6.73. The molecule has 23 heavy (non-hydrogen) atoms. The number of urea groups is 1. The Kier molecular flexibility index (Phi) is 4.50. The summed E-state index contributed by atoms with van der Waals surface area (Å²) in [5.41, 5.74) is 1.58. The van der Waals surface area contributed by atoms with E-state index in [1.54, 1.807) is 4.90 Å². The van der Waals surface area contributed by atoms with Crippen molar-refractivity contribution < 1.29 is 14.1 Å². The smallest absolute Gasteiger partial charge is 0.322 e. The van der Waals surface area contributed by atoms with Crippen LogP contribution in [0.1, 0.15) is 37.3 Å². The maximum Gasteiger partial charge on any atom is 0.322 e. The van der Waals surface area contributed by atoms with Crippen LogP contribution in [0.3, 0.4) is 0 Å². The van der Waals surface area contributed by atoms with Gasteiger partial charge < -0.3 is 19.5 Å². The van der Waals surface area contributed by atoms with E-state index in [2.05, 4.69) is 10.5 Å². The Hall–Kier alpha value is -2.50. The third-order valence-electron chi connectivity index (χ3n) is 3.90. The lowest BCUT2D eigenvalue weighted by atomic mass is 10.1. The first-order valence-corrected chi connectivity index (χ1v) is 7.91. The molecule has 0 bridgehead atoms. The van der Waals surface area contributed by atoms with Gasteiger partial charge in [-0.1, -0.05) is 5.16 Å². The first kappa shape index (κ1) is 15.4. The predicted octanol–water partition coefficient (Wildman–Crippen LogP) is 3.75. The van der Waals surface area contributed by atoms with E-state index in [0.29, 0.717) is 13.2 Å². The van der Waals surface area contributed by atoms with Crippen molar-refractivity contribution in [3.05, 3.63) is 41.8 Å². The molecular weight excluding hydrogens is 294 g/mol. The number of aryl methyl sites for hydroxylation is 1. The fraction of sp³-hybridized carbons (Fsp3) is 0.412. The van der Waals surface area contributed by atoms with Crippen molar-refractivity contribution in [3.8, 4) is 5.75 Å². The van der Waals surface area contributed by atoms with Crippen molar-refractivity contribution in [3.63, 3.8) is 0 Å². The number of aromatic nitrogens is 1. The van der Waals surface area contributed by atoms with Crippen LogP contribution in [0.4, 0.5) is 10.5 Å². The van der Waals surface area contributed by atoms with Crippen LogP contribution in [0.25, 0.3) is 0 Å². The van der Waals surface area contributed by atoms with Gasteiger partial charge in [-0.2, -0.15) is 0 Å². The SMILES string of the molecule is CCOc1ccc(NC(=O)N2CCCC2c2cc(C)no2)cc1. The van der Waals surface area contributed by atoms with E-state index in [1.807, 2.05) is 44.2 Å². The number of carbonyl (C=O) groups excluding carboxylic acids is 1. The van der Waals surface area contributed by atoms with Gasteiger partial charge in [0.1, 0.15) is 5.75 Å². The minimum atomic E-state index is -0.120. The average molecular weight is 315 g/mol. The van der Waals surface area contributed by atoms with Crippen LogP contribution < -0.4 is 10.1 Å². The van der Waals surface area contributed by atoms with Gasteiger partial charge in [-0.15, -0.1) is 0 Å². The van der Waals surface area contributed by atoms with Gasteiger partial charge in [-0.05, 0) is 51.0 Å². The van der Waals surface area contributed by atoms with Crippen LogP contribution in [-0.4, -0.2) is 29.2 Å². The number of hydrogen-bond acceptors (Lipinski definition) is 4. The molecule has 3 rings (SSSR count). The summed E-state index contributed by atoms with van der Waals surface area (Å²) in [6.07, 6.45) is 1.85. The second-order valence-corrected chi connectivity index (χ2v) is 5.61. The number of rotatable bonds is 4. The van der Waals surface area contributed by atoms with Crippen LogP contribution in [0.5, 0.6) is 5.75 Å². The Labute approximate surface area is 135 Å². The quantitative estimate of drug-likeness (QED) is 0.933. The Morgan fingerprint density at radius 1 is 1.43 bits per heavy atom. The van der Waals surface area contributed by atoms with Crippen LogP contribution in [-0.2, 0) is 0 Å². The standard InChI is InChI=1S/C17H21N3O3/c1-3-22-14-8-6-13(7-9-14)18-17(21)20-10-4-5-15(20)16-11-12(2)19-23-16/h6-9,11,15H,3-5,10H2,1-2H3,(H,18,21). The minimum absolute atomic E-state index is 0.0427. The van der Waals surface area contributed by atoms with Crippen molar-refractivity contribution in [1.82, 2.24) is 10.1 Å². The Morgan fingerprint density at radius 3 is 2.87 bits per heavy atom. The monoisotopic (exact) mass is 315 g/mol. The van der Waals surface area contributed by atoms with Gasteiger partial charge in [0.15, 0.2) is 5.76 Å². The largest absolute Gasteiger partial charge is 0.494 e. The van der Waals surface area contributed by atoms with Crippen molar-refractivity contribution in [2.24, 2.45) is 0 Å². The number of amides is 2. The summed E-state index contributed by atoms with van der Waals surface area (Å²) in [6.45, 7) is 5.16. The van der Waals surface area contributed by atoms with E-state index < -0.39 is 0 Å². The van der Waals surface area contributed by atoms with Gasteiger partial charge in [-0.3, -0.25) is 0 Å². The molecule has 0 spiro atoms. The zero-order valence-corrected chi connectivity index (χ0v) is 13.4. The third kappa shape index (κ3) is 3.47. The molecule has 2 amide bonds. The van der Waals surface area contributed by atoms with E-state index in [4.69, 9.17) is 9.26 Å². The highest BCUT2D eigenvalue weighted by atomic mass is 16.5. The van der Waals surface area contributed by atoms with E-state index in [0.717, 1.165) is 35.7 Å². The molecule has 1 unspecified atom stereocenters. The number of benzene rings is 1. The van der Waals surface area contributed by atoms with Crippen LogP contribution >= 0.6 is 0 Å². The van der Waals surface area contributed by atoms with Crippen molar-refractivity contribution in [2.45, 2.75) is 32.7 Å². The van der Waals surface area contributed by atoms with Gasteiger partial charge in [-0.25, -0.2) is 4.79 Å². The van der Waals surface area contributed by atoms with E-state index in [-0.39, 0.29) is 12.1 Å². The number of likely N-dealkylation sites (tertiary alicyclic amines) is 1. The molecule has 1 aromatic heterocycles. The van der Waals surface area contributed by atoms with Crippen LogP contribution in [0, 0.1) is 6.92 Å². The van der Waals surface area contributed by atoms with E-state index >= 15 is 0 Å². The molecule has 6 heteroatoms. The summed E-state index contributed by atoms with van der Waals surface area (Å²) in [6, 6.07) is 9.11. The molecule has 2 heterocycles. The zero-order valence-electron chi connectivity index (χ0n) is 13.4.